The second kappa shape index (κ2) is 17.0. The molecule has 0 spiro atoms. The Kier molecular flexibility index (Phi) is 14.6. The summed E-state index contributed by atoms with van der Waals surface area (Å²) in [5, 5.41) is 0. The van der Waals surface area contributed by atoms with Gasteiger partial charge in [-0.3, -0.25) is 15.0 Å². The van der Waals surface area contributed by atoms with Crippen molar-refractivity contribution in [1.29, 1.82) is 0 Å². The predicted molar refractivity (Wildman–Crippen MR) is 137 cm³/mol. The van der Waals surface area contributed by atoms with Crippen LogP contribution in [0.15, 0.2) is 116 Å². The van der Waals surface area contributed by atoms with Crippen LogP contribution in [0.1, 0.15) is 13.8 Å². The van der Waals surface area contributed by atoms with Crippen molar-refractivity contribution in [1.82, 2.24) is 15.0 Å². The Labute approximate surface area is 210 Å². The second-order valence-electron chi connectivity index (χ2n) is 6.53. The Bertz CT molecular complexity index is 918. The first-order valence-electron chi connectivity index (χ1n) is 9.70. The number of halogens is 2. The molecule has 0 amide bonds. The van der Waals surface area contributed by atoms with E-state index in [0.717, 1.165) is 5.69 Å². The third-order valence-electron chi connectivity index (χ3n) is 3.85. The number of pyridine rings is 4. The minimum Gasteiger partial charge on any atom is -0.358 e. The zero-order valence-electron chi connectivity index (χ0n) is 18.9. The molecule has 4 rings (SSSR count). The van der Waals surface area contributed by atoms with Crippen molar-refractivity contribution >= 4 is 24.0 Å². The molecule has 7 heteroatoms. The van der Waals surface area contributed by atoms with Crippen LogP contribution in [-0.2, 0) is 13.5 Å². The quantitative estimate of drug-likeness (QED) is 0.158. The first-order valence-corrected chi connectivity index (χ1v) is 15.2. The van der Waals surface area contributed by atoms with Crippen molar-refractivity contribution in [2.45, 2.75) is 13.8 Å². The molecular formula is C26H28Cl2N4Ru. The topological polar surface area (TPSA) is 42.5 Å². The third kappa shape index (κ3) is 12.3. The minimum atomic E-state index is -1.52. The monoisotopic (exact) mass is 568 g/mol. The molecule has 0 fully saturated rings. The normalized spacial score (nSPS) is 9.52. The SMILES string of the molecule is CC(C)=C[CH]=[Ru]([Cl])[Cl].[CH3-].c1cc(-c2ccncc2)ccn1.c1cc[n+](-c2ccncc2)cc1. The smallest absolute Gasteiger partial charge is 0.213 e. The van der Waals surface area contributed by atoms with E-state index in [1.165, 1.54) is 16.7 Å². The maximum Gasteiger partial charge on any atom is 0.213 e. The van der Waals surface area contributed by atoms with Crippen LogP contribution in [0.2, 0.25) is 0 Å². The van der Waals surface area contributed by atoms with Gasteiger partial charge in [-0.05, 0) is 35.4 Å². The summed E-state index contributed by atoms with van der Waals surface area (Å²) >= 11 is -1.52. The average Bonchev–Trinajstić information content (AvgIpc) is 2.86. The van der Waals surface area contributed by atoms with E-state index in [1.54, 1.807) is 37.2 Å². The molecule has 0 aliphatic rings. The number of allylic oxidation sites excluding steroid dienone is 2. The molecular weight excluding hydrogens is 540 g/mol. The van der Waals surface area contributed by atoms with Crippen molar-refractivity contribution in [2.75, 3.05) is 0 Å². The molecule has 174 valence electrons. The van der Waals surface area contributed by atoms with E-state index >= 15 is 0 Å². The van der Waals surface area contributed by atoms with Crippen molar-refractivity contribution in [2.24, 2.45) is 0 Å². The molecule has 0 unspecified atom stereocenters. The van der Waals surface area contributed by atoms with Crippen molar-refractivity contribution in [3.05, 3.63) is 123 Å². The van der Waals surface area contributed by atoms with Gasteiger partial charge in [-0.15, -0.1) is 0 Å². The van der Waals surface area contributed by atoms with Crippen LogP contribution in [0, 0.1) is 7.43 Å². The van der Waals surface area contributed by atoms with E-state index in [9.17, 15) is 0 Å². The van der Waals surface area contributed by atoms with Gasteiger partial charge in [0.2, 0.25) is 5.69 Å². The Morgan fingerprint density at radius 3 is 1.52 bits per heavy atom. The summed E-state index contributed by atoms with van der Waals surface area (Å²) in [5.41, 5.74) is 4.72. The summed E-state index contributed by atoms with van der Waals surface area (Å²) in [6.45, 7) is 4.03. The van der Waals surface area contributed by atoms with Crippen LogP contribution in [0.3, 0.4) is 0 Å². The molecule has 0 bridgehead atoms. The summed E-state index contributed by atoms with van der Waals surface area (Å²) in [6.07, 6.45) is 16.7. The summed E-state index contributed by atoms with van der Waals surface area (Å²) in [4.78, 5) is 11.9. The van der Waals surface area contributed by atoms with Gasteiger partial charge < -0.3 is 7.43 Å². The number of hydrogen-bond acceptors (Lipinski definition) is 3. The zero-order chi connectivity index (χ0) is 23.0. The summed E-state index contributed by atoms with van der Waals surface area (Å²) < 4.78 is 3.92. The van der Waals surface area contributed by atoms with Gasteiger partial charge in [0, 0.05) is 61.4 Å². The fourth-order valence-electron chi connectivity index (χ4n) is 2.34. The molecule has 0 saturated carbocycles. The van der Waals surface area contributed by atoms with Gasteiger partial charge >= 0.3 is 63.0 Å². The van der Waals surface area contributed by atoms with Gasteiger partial charge in [0.15, 0.2) is 12.4 Å². The van der Waals surface area contributed by atoms with Crippen LogP contribution in [0.4, 0.5) is 0 Å². The van der Waals surface area contributed by atoms with Gasteiger partial charge in [-0.25, -0.2) is 0 Å². The van der Waals surface area contributed by atoms with Crippen LogP contribution in [0.25, 0.3) is 16.8 Å². The van der Waals surface area contributed by atoms with E-state index in [4.69, 9.17) is 19.4 Å². The molecule has 0 saturated heterocycles. The number of hydrogen-bond donors (Lipinski definition) is 0. The Morgan fingerprint density at radius 2 is 1.15 bits per heavy atom. The van der Waals surface area contributed by atoms with E-state index in [1.807, 2.05) is 96.1 Å². The summed E-state index contributed by atoms with van der Waals surface area (Å²) in [5.74, 6) is 0. The molecule has 33 heavy (non-hydrogen) atoms. The molecule has 0 aromatic carbocycles. The van der Waals surface area contributed by atoms with E-state index < -0.39 is 13.5 Å². The first-order chi connectivity index (χ1) is 15.6. The van der Waals surface area contributed by atoms with Gasteiger partial charge in [-0.2, -0.15) is 4.57 Å². The average molecular weight is 569 g/mol. The maximum absolute atomic E-state index is 5.53. The minimum absolute atomic E-state index is 0. The van der Waals surface area contributed by atoms with Gasteiger partial charge in [-0.1, -0.05) is 6.07 Å². The largest absolute Gasteiger partial charge is 0.358 e. The van der Waals surface area contributed by atoms with Crippen molar-refractivity contribution < 1.29 is 18.1 Å². The Hall–Kier alpha value is -2.59. The number of rotatable bonds is 3. The van der Waals surface area contributed by atoms with Crippen molar-refractivity contribution in [3.63, 3.8) is 0 Å². The fourth-order valence-corrected chi connectivity index (χ4v) is 3.66. The molecule has 0 aliphatic carbocycles. The summed E-state index contributed by atoms with van der Waals surface area (Å²) in [6, 6.07) is 17.9. The standard InChI is InChI=1S/C10H8N2.C10H9N2.C5H8.CH3.2ClH.Ru/c1-5-11-6-2-9(1)10-3-7-12-8-4-10;1-2-8-12(9-3-1)10-4-6-11-7-5-10;1-4-5(2)3;;;;/h1-8H;1-9H;1,4H,2-3H3;1H3;2*1H;/q;+1;;-1;;;+2/p-2. The van der Waals surface area contributed by atoms with Gasteiger partial charge in [0.1, 0.15) is 0 Å². The van der Waals surface area contributed by atoms with Crippen LogP contribution in [-0.4, -0.2) is 19.6 Å². The molecule has 4 nitrogen and oxygen atoms in total. The Balaban J connectivity index is 0.000000250. The molecule has 0 aliphatic heterocycles. The van der Waals surface area contributed by atoms with Crippen LogP contribution in [0.5, 0.6) is 0 Å². The molecule has 4 heterocycles. The first kappa shape index (κ1) is 28.4. The molecule has 0 N–H and O–H groups in total. The van der Waals surface area contributed by atoms with E-state index in [-0.39, 0.29) is 7.43 Å². The molecule has 4 aromatic rings. The Morgan fingerprint density at radius 1 is 0.727 bits per heavy atom. The van der Waals surface area contributed by atoms with Gasteiger partial charge in [0.05, 0.1) is 0 Å². The number of aromatic nitrogens is 4. The predicted octanol–water partition coefficient (Wildman–Crippen LogP) is 6.63. The molecule has 0 atom stereocenters. The number of nitrogens with zero attached hydrogens (tertiary/aromatic N) is 4. The summed E-state index contributed by atoms with van der Waals surface area (Å²) in [7, 11) is 11.1. The van der Waals surface area contributed by atoms with Crippen LogP contribution < -0.4 is 4.57 Å². The van der Waals surface area contributed by atoms with Crippen molar-refractivity contribution in [3.8, 4) is 16.8 Å². The third-order valence-corrected chi connectivity index (χ3v) is 5.63. The van der Waals surface area contributed by atoms with Crippen LogP contribution >= 0.6 is 19.4 Å². The molecule has 4 aromatic heterocycles. The van der Waals surface area contributed by atoms with Gasteiger partial charge in [0.25, 0.3) is 0 Å². The second-order valence-corrected chi connectivity index (χ2v) is 12.3. The molecule has 0 radical (unpaired) electrons. The van der Waals surface area contributed by atoms with E-state index in [2.05, 4.69) is 15.0 Å². The fraction of sp³-hybridized carbons (Fsp3) is 0.0769. The maximum atomic E-state index is 5.53. The zero-order valence-corrected chi connectivity index (χ0v) is 22.1. The van der Waals surface area contributed by atoms with E-state index in [0.29, 0.717) is 0 Å².